The summed E-state index contributed by atoms with van der Waals surface area (Å²) in [7, 11) is 3.43. The van der Waals surface area contributed by atoms with Crippen molar-refractivity contribution in [3.05, 3.63) is 69.5 Å². The van der Waals surface area contributed by atoms with E-state index in [2.05, 4.69) is 0 Å². The van der Waals surface area contributed by atoms with Crippen molar-refractivity contribution in [2.24, 2.45) is 0 Å². The predicted octanol–water partition coefficient (Wildman–Crippen LogP) is 3.60. The van der Waals surface area contributed by atoms with Crippen LogP contribution in [-0.4, -0.2) is 35.9 Å². The molecule has 0 radical (unpaired) electrons. The van der Waals surface area contributed by atoms with E-state index in [1.165, 1.54) is 18.2 Å². The lowest BCUT2D eigenvalue weighted by Gasteiger charge is -2.23. The van der Waals surface area contributed by atoms with E-state index < -0.39 is 4.92 Å². The van der Waals surface area contributed by atoms with Crippen LogP contribution >= 0.6 is 0 Å². The number of nitro benzene ring substituents is 1. The Morgan fingerprint density at radius 2 is 1.85 bits per heavy atom. The molecule has 0 N–H and O–H groups in total. The number of anilines is 1. The standard InChI is InChI=1S/C19H20FN3O3/c1-21(2)17-10-5-14(11-18(17)23(25)26)19(24)22(16-8-9-16)12-13-3-6-15(20)7-4-13/h3-7,10-11,16H,8-9,12H2,1-2H3. The zero-order valence-corrected chi connectivity index (χ0v) is 14.7. The van der Waals surface area contributed by atoms with Crippen molar-refractivity contribution in [3.63, 3.8) is 0 Å². The average Bonchev–Trinajstić information content (AvgIpc) is 3.45. The first-order chi connectivity index (χ1) is 12.4. The highest BCUT2D eigenvalue weighted by Crippen LogP contribution is 2.32. The Kier molecular flexibility index (Phi) is 4.88. The number of rotatable bonds is 6. The fourth-order valence-electron chi connectivity index (χ4n) is 2.89. The van der Waals surface area contributed by atoms with E-state index in [1.54, 1.807) is 48.2 Å². The molecule has 0 heterocycles. The Bertz CT molecular complexity index is 832. The van der Waals surface area contributed by atoms with Crippen LogP contribution in [0.1, 0.15) is 28.8 Å². The Balaban J connectivity index is 1.88. The van der Waals surface area contributed by atoms with Crippen molar-refractivity contribution in [1.29, 1.82) is 0 Å². The van der Waals surface area contributed by atoms with Gasteiger partial charge in [0.2, 0.25) is 0 Å². The highest BCUT2D eigenvalue weighted by atomic mass is 19.1. The summed E-state index contributed by atoms with van der Waals surface area (Å²) >= 11 is 0. The number of carbonyl (C=O) groups is 1. The zero-order valence-electron chi connectivity index (χ0n) is 14.7. The molecule has 0 saturated heterocycles. The minimum absolute atomic E-state index is 0.0987. The molecule has 0 unspecified atom stereocenters. The van der Waals surface area contributed by atoms with Gasteiger partial charge in [-0.05, 0) is 42.7 Å². The second-order valence-electron chi connectivity index (χ2n) is 6.65. The van der Waals surface area contributed by atoms with Crippen molar-refractivity contribution in [3.8, 4) is 0 Å². The Hall–Kier alpha value is -2.96. The summed E-state index contributed by atoms with van der Waals surface area (Å²) < 4.78 is 13.1. The smallest absolute Gasteiger partial charge is 0.293 e. The van der Waals surface area contributed by atoms with E-state index in [-0.39, 0.29) is 29.0 Å². The van der Waals surface area contributed by atoms with E-state index in [4.69, 9.17) is 0 Å². The van der Waals surface area contributed by atoms with E-state index >= 15 is 0 Å². The first-order valence-electron chi connectivity index (χ1n) is 8.38. The van der Waals surface area contributed by atoms with Crippen molar-refractivity contribution < 1.29 is 14.1 Å². The summed E-state index contributed by atoms with van der Waals surface area (Å²) in [6.07, 6.45) is 1.82. The van der Waals surface area contributed by atoms with Gasteiger partial charge in [-0.1, -0.05) is 12.1 Å². The zero-order chi connectivity index (χ0) is 18.8. The molecule has 3 rings (SSSR count). The maximum Gasteiger partial charge on any atom is 0.293 e. The van der Waals surface area contributed by atoms with Gasteiger partial charge in [-0.15, -0.1) is 0 Å². The molecule has 1 amide bonds. The van der Waals surface area contributed by atoms with Gasteiger partial charge in [0.05, 0.1) is 4.92 Å². The molecule has 0 bridgehead atoms. The summed E-state index contributed by atoms with van der Waals surface area (Å²) in [6.45, 7) is 0.354. The molecule has 0 aliphatic heterocycles. The first kappa shape index (κ1) is 17.8. The summed E-state index contributed by atoms with van der Waals surface area (Å²) in [6, 6.07) is 10.7. The lowest BCUT2D eigenvalue weighted by atomic mass is 10.1. The third kappa shape index (κ3) is 3.82. The molecule has 6 nitrogen and oxygen atoms in total. The van der Waals surface area contributed by atoms with Crippen LogP contribution in [0, 0.1) is 15.9 Å². The monoisotopic (exact) mass is 357 g/mol. The molecule has 0 atom stereocenters. The molecule has 1 fully saturated rings. The molecular formula is C19H20FN3O3. The number of amides is 1. The van der Waals surface area contributed by atoms with E-state index in [0.29, 0.717) is 12.2 Å². The normalized spacial score (nSPS) is 13.3. The lowest BCUT2D eigenvalue weighted by Crippen LogP contribution is -2.32. The topological polar surface area (TPSA) is 66.7 Å². The number of hydrogen-bond acceptors (Lipinski definition) is 4. The lowest BCUT2D eigenvalue weighted by molar-refractivity contribution is -0.384. The van der Waals surface area contributed by atoms with Crippen molar-refractivity contribution in [2.75, 3.05) is 19.0 Å². The fourth-order valence-corrected chi connectivity index (χ4v) is 2.89. The van der Waals surface area contributed by atoms with Gasteiger partial charge in [-0.3, -0.25) is 14.9 Å². The summed E-state index contributed by atoms with van der Waals surface area (Å²) in [4.78, 5) is 27.2. The van der Waals surface area contributed by atoms with Crippen LogP contribution < -0.4 is 4.90 Å². The minimum atomic E-state index is -0.479. The van der Waals surface area contributed by atoms with Crippen LogP contribution in [0.4, 0.5) is 15.8 Å². The minimum Gasteiger partial charge on any atom is -0.372 e. The number of nitro groups is 1. The van der Waals surface area contributed by atoms with Crippen LogP contribution in [0.3, 0.4) is 0 Å². The van der Waals surface area contributed by atoms with E-state index in [1.807, 2.05) is 0 Å². The van der Waals surface area contributed by atoms with Gasteiger partial charge in [0.1, 0.15) is 11.5 Å². The van der Waals surface area contributed by atoms with Crippen molar-refractivity contribution in [1.82, 2.24) is 4.90 Å². The molecule has 0 aromatic heterocycles. The van der Waals surface area contributed by atoms with Gasteiger partial charge in [-0.25, -0.2) is 4.39 Å². The van der Waals surface area contributed by atoms with Crippen LogP contribution in [-0.2, 0) is 6.54 Å². The number of benzene rings is 2. The molecule has 1 saturated carbocycles. The largest absolute Gasteiger partial charge is 0.372 e. The molecule has 26 heavy (non-hydrogen) atoms. The maximum absolute atomic E-state index is 13.1. The highest BCUT2D eigenvalue weighted by molar-refractivity contribution is 5.96. The molecule has 136 valence electrons. The van der Waals surface area contributed by atoms with Crippen LogP contribution in [0.2, 0.25) is 0 Å². The second kappa shape index (κ2) is 7.11. The molecule has 2 aromatic carbocycles. The van der Waals surface area contributed by atoms with Gasteiger partial charge in [0.25, 0.3) is 11.6 Å². The molecule has 1 aliphatic carbocycles. The number of carbonyl (C=O) groups excluding carboxylic acids is 1. The third-order valence-corrected chi connectivity index (χ3v) is 4.42. The Labute approximate surface area is 151 Å². The SMILES string of the molecule is CN(C)c1ccc(C(=O)N(Cc2ccc(F)cc2)C2CC2)cc1[N+](=O)[O-]. The van der Waals surface area contributed by atoms with E-state index in [9.17, 15) is 19.3 Å². The second-order valence-corrected chi connectivity index (χ2v) is 6.65. The predicted molar refractivity (Wildman–Crippen MR) is 96.7 cm³/mol. The summed E-state index contributed by atoms with van der Waals surface area (Å²) in [5.74, 6) is -0.571. The average molecular weight is 357 g/mol. The van der Waals surface area contributed by atoms with Gasteiger partial charge < -0.3 is 9.80 Å². The maximum atomic E-state index is 13.1. The Morgan fingerprint density at radius 1 is 1.19 bits per heavy atom. The van der Waals surface area contributed by atoms with Gasteiger partial charge in [0, 0.05) is 38.3 Å². The van der Waals surface area contributed by atoms with Gasteiger partial charge in [0.15, 0.2) is 0 Å². The van der Waals surface area contributed by atoms with Crippen molar-refractivity contribution >= 4 is 17.3 Å². The molecule has 1 aliphatic rings. The summed E-state index contributed by atoms with van der Waals surface area (Å²) in [5, 5.41) is 11.4. The van der Waals surface area contributed by atoms with Crippen LogP contribution in [0.5, 0.6) is 0 Å². The van der Waals surface area contributed by atoms with Crippen molar-refractivity contribution in [2.45, 2.75) is 25.4 Å². The molecular weight excluding hydrogens is 337 g/mol. The fraction of sp³-hybridized carbons (Fsp3) is 0.316. The summed E-state index contributed by atoms with van der Waals surface area (Å²) in [5.41, 5.74) is 1.46. The first-order valence-corrected chi connectivity index (χ1v) is 8.38. The number of halogens is 1. The number of nitrogens with zero attached hydrogens (tertiary/aromatic N) is 3. The van der Waals surface area contributed by atoms with Gasteiger partial charge in [-0.2, -0.15) is 0 Å². The van der Waals surface area contributed by atoms with Crippen LogP contribution in [0.15, 0.2) is 42.5 Å². The third-order valence-electron chi connectivity index (χ3n) is 4.42. The molecule has 2 aromatic rings. The quantitative estimate of drug-likeness (QED) is 0.585. The van der Waals surface area contributed by atoms with Gasteiger partial charge >= 0.3 is 0 Å². The number of hydrogen-bond donors (Lipinski definition) is 0. The van der Waals surface area contributed by atoms with Crippen LogP contribution in [0.25, 0.3) is 0 Å². The van der Waals surface area contributed by atoms with E-state index in [0.717, 1.165) is 18.4 Å². The molecule has 0 spiro atoms. The highest BCUT2D eigenvalue weighted by Gasteiger charge is 2.34. The Morgan fingerprint density at radius 3 is 2.38 bits per heavy atom. The molecule has 7 heteroatoms.